The molecule has 1 heterocycles. The number of halogens is 3. The van der Waals surface area contributed by atoms with Gasteiger partial charge in [0.05, 0.1) is 4.88 Å². The minimum absolute atomic E-state index is 0.443. The fourth-order valence-electron chi connectivity index (χ4n) is 0.685. The van der Waals surface area contributed by atoms with Gasteiger partial charge in [-0.15, -0.1) is 11.3 Å². The molecular weight excluding hydrogens is 269 g/mol. The largest absolute Gasteiger partial charge is 0.369 e. The van der Waals surface area contributed by atoms with Gasteiger partial charge in [0.1, 0.15) is 0 Å². The Morgan fingerprint density at radius 3 is 2.64 bits per heavy atom. The maximum absolute atomic E-state index is 11.3. The van der Waals surface area contributed by atoms with Crippen LogP contribution in [0.5, 0.6) is 0 Å². The summed E-state index contributed by atoms with van der Waals surface area (Å²) in [6.45, 7) is 0. The van der Waals surface area contributed by atoms with Crippen molar-refractivity contribution in [2.75, 3.05) is 0 Å². The van der Waals surface area contributed by atoms with E-state index in [1.165, 1.54) is 11.3 Å². The van der Waals surface area contributed by atoms with Crippen molar-refractivity contribution in [1.82, 2.24) is 5.32 Å². The highest BCUT2D eigenvalue weighted by Gasteiger charge is 2.32. The predicted molar refractivity (Wildman–Crippen MR) is 58.1 cm³/mol. The van der Waals surface area contributed by atoms with Gasteiger partial charge < -0.3 is 10.4 Å². The van der Waals surface area contributed by atoms with Crippen molar-refractivity contribution in [3.63, 3.8) is 0 Å². The highest BCUT2D eigenvalue weighted by Crippen LogP contribution is 2.29. The maximum Gasteiger partial charge on any atom is 0.263 e. The second kappa shape index (κ2) is 4.68. The lowest BCUT2D eigenvalue weighted by Crippen LogP contribution is -2.43. The van der Waals surface area contributed by atoms with Crippen LogP contribution in [0.2, 0.25) is 0 Å². The first-order chi connectivity index (χ1) is 6.41. The number of carbonyl (C=O) groups excluding carboxylic acids is 1. The van der Waals surface area contributed by atoms with E-state index in [0.29, 0.717) is 4.88 Å². The molecule has 0 radical (unpaired) electrons. The van der Waals surface area contributed by atoms with Gasteiger partial charge in [-0.05, 0) is 11.4 Å². The van der Waals surface area contributed by atoms with Crippen molar-refractivity contribution in [1.29, 1.82) is 0 Å². The van der Waals surface area contributed by atoms with Gasteiger partial charge >= 0.3 is 0 Å². The molecule has 1 rings (SSSR count). The quantitative estimate of drug-likeness (QED) is 0.641. The third-order valence-corrected chi connectivity index (χ3v) is 2.81. The summed E-state index contributed by atoms with van der Waals surface area (Å²) in [4.78, 5) is 11.8. The number of hydrogen-bond donors (Lipinski definition) is 2. The minimum atomic E-state index is -1.92. The molecule has 7 heteroatoms. The van der Waals surface area contributed by atoms with Gasteiger partial charge in [0.2, 0.25) is 3.79 Å². The Hall–Kier alpha value is -0.000000000000000139. The van der Waals surface area contributed by atoms with E-state index in [0.717, 1.165) is 0 Å². The van der Waals surface area contributed by atoms with Crippen LogP contribution in [0.25, 0.3) is 0 Å². The van der Waals surface area contributed by atoms with E-state index in [9.17, 15) is 9.90 Å². The molecule has 0 saturated carbocycles. The normalized spacial score (nSPS) is 13.7. The summed E-state index contributed by atoms with van der Waals surface area (Å²) in [5, 5.41) is 13.1. The van der Waals surface area contributed by atoms with Crippen molar-refractivity contribution in [3.05, 3.63) is 22.4 Å². The molecule has 1 aromatic heterocycles. The summed E-state index contributed by atoms with van der Waals surface area (Å²) in [7, 11) is 0. The fourth-order valence-corrected chi connectivity index (χ4v) is 1.48. The van der Waals surface area contributed by atoms with E-state index >= 15 is 0 Å². The lowest BCUT2D eigenvalue weighted by Gasteiger charge is -2.19. The van der Waals surface area contributed by atoms with E-state index in [1.54, 1.807) is 17.5 Å². The SMILES string of the molecule is O=C(NC(O)C(Cl)(Cl)Cl)c1cccs1. The molecule has 0 saturated heterocycles. The second-order valence-electron chi connectivity index (χ2n) is 2.39. The van der Waals surface area contributed by atoms with Crippen LogP contribution in [0.15, 0.2) is 17.5 Å². The molecule has 1 aromatic rings. The van der Waals surface area contributed by atoms with Gasteiger partial charge in [0.25, 0.3) is 5.91 Å². The molecule has 1 unspecified atom stereocenters. The van der Waals surface area contributed by atoms with Crippen LogP contribution in [0.1, 0.15) is 9.67 Å². The summed E-state index contributed by atoms with van der Waals surface area (Å²) in [6, 6.07) is 3.31. The number of aliphatic hydroxyl groups is 1. The number of aliphatic hydroxyl groups excluding tert-OH is 1. The highest BCUT2D eigenvalue weighted by atomic mass is 35.6. The molecule has 1 atom stereocenters. The Morgan fingerprint density at radius 1 is 1.57 bits per heavy atom. The summed E-state index contributed by atoms with van der Waals surface area (Å²) in [6.07, 6.45) is -1.53. The number of rotatable bonds is 2. The van der Waals surface area contributed by atoms with Crippen LogP contribution < -0.4 is 5.32 Å². The third kappa shape index (κ3) is 3.29. The fraction of sp³-hybridized carbons (Fsp3) is 0.286. The zero-order valence-corrected chi connectivity index (χ0v) is 9.79. The molecule has 0 aliphatic heterocycles. The van der Waals surface area contributed by atoms with E-state index in [1.807, 2.05) is 0 Å². The summed E-state index contributed by atoms with van der Waals surface area (Å²) in [5.74, 6) is -0.473. The molecular formula is C7H6Cl3NO2S. The van der Waals surface area contributed by atoms with E-state index in [4.69, 9.17) is 34.8 Å². The number of thiophene rings is 1. The molecule has 14 heavy (non-hydrogen) atoms. The van der Waals surface area contributed by atoms with Gasteiger partial charge in [-0.1, -0.05) is 40.9 Å². The predicted octanol–water partition coefficient (Wildman–Crippen LogP) is 2.17. The van der Waals surface area contributed by atoms with Crippen LogP contribution in [-0.2, 0) is 0 Å². The van der Waals surface area contributed by atoms with Crippen LogP contribution in [0.3, 0.4) is 0 Å². The molecule has 0 spiro atoms. The van der Waals surface area contributed by atoms with Crippen LogP contribution >= 0.6 is 46.1 Å². The van der Waals surface area contributed by atoms with Crippen molar-refractivity contribution < 1.29 is 9.90 Å². The van der Waals surface area contributed by atoms with Crippen molar-refractivity contribution in [2.45, 2.75) is 10.0 Å². The minimum Gasteiger partial charge on any atom is -0.369 e. The van der Waals surface area contributed by atoms with Crippen molar-refractivity contribution in [2.24, 2.45) is 0 Å². The van der Waals surface area contributed by atoms with Gasteiger partial charge in [-0.25, -0.2) is 0 Å². The molecule has 0 fully saturated rings. The van der Waals surface area contributed by atoms with Crippen molar-refractivity contribution in [3.8, 4) is 0 Å². The Morgan fingerprint density at radius 2 is 2.21 bits per heavy atom. The molecule has 2 N–H and O–H groups in total. The first-order valence-electron chi connectivity index (χ1n) is 3.50. The summed E-state index contributed by atoms with van der Waals surface area (Å²) >= 11 is 17.3. The van der Waals surface area contributed by atoms with Gasteiger partial charge in [0.15, 0.2) is 6.23 Å². The molecule has 0 aliphatic rings. The van der Waals surface area contributed by atoms with Crippen LogP contribution in [-0.4, -0.2) is 21.0 Å². The first kappa shape index (κ1) is 12.1. The lowest BCUT2D eigenvalue weighted by atomic mass is 10.4. The first-order valence-corrected chi connectivity index (χ1v) is 5.52. The summed E-state index contributed by atoms with van der Waals surface area (Å²) < 4.78 is -1.92. The zero-order valence-electron chi connectivity index (χ0n) is 6.71. The average molecular weight is 275 g/mol. The Labute approximate surface area is 99.6 Å². The Balaban J connectivity index is 2.58. The third-order valence-electron chi connectivity index (χ3n) is 1.32. The van der Waals surface area contributed by atoms with Gasteiger partial charge in [-0.2, -0.15) is 0 Å². The van der Waals surface area contributed by atoms with Crippen molar-refractivity contribution >= 4 is 52.0 Å². The second-order valence-corrected chi connectivity index (χ2v) is 5.71. The Kier molecular flexibility index (Phi) is 4.04. The average Bonchev–Trinajstić information content (AvgIpc) is 2.53. The molecule has 0 aromatic carbocycles. The number of nitrogens with one attached hydrogen (secondary N) is 1. The number of hydrogen-bond acceptors (Lipinski definition) is 3. The van der Waals surface area contributed by atoms with Crippen LogP contribution in [0.4, 0.5) is 0 Å². The van der Waals surface area contributed by atoms with Gasteiger partial charge in [-0.3, -0.25) is 4.79 Å². The Bertz CT molecular complexity index is 309. The maximum atomic E-state index is 11.3. The van der Waals surface area contributed by atoms with Gasteiger partial charge in [0, 0.05) is 0 Å². The molecule has 0 bridgehead atoms. The number of alkyl halides is 3. The van der Waals surface area contributed by atoms with E-state index in [2.05, 4.69) is 5.32 Å². The highest BCUT2D eigenvalue weighted by molar-refractivity contribution is 7.12. The monoisotopic (exact) mass is 273 g/mol. The lowest BCUT2D eigenvalue weighted by molar-refractivity contribution is 0.0796. The smallest absolute Gasteiger partial charge is 0.263 e. The van der Waals surface area contributed by atoms with Crippen LogP contribution in [0, 0.1) is 0 Å². The topological polar surface area (TPSA) is 49.3 Å². The van der Waals surface area contributed by atoms with E-state index < -0.39 is 15.9 Å². The summed E-state index contributed by atoms with van der Waals surface area (Å²) in [5.41, 5.74) is 0. The number of amides is 1. The molecule has 3 nitrogen and oxygen atoms in total. The zero-order chi connectivity index (χ0) is 10.8. The van der Waals surface area contributed by atoms with E-state index in [-0.39, 0.29) is 0 Å². The molecule has 78 valence electrons. The molecule has 0 aliphatic carbocycles. The number of carbonyl (C=O) groups is 1. The molecule has 1 amide bonds. The standard InChI is InChI=1S/C7H6Cl3NO2S/c8-7(9,10)6(13)11-5(12)4-2-1-3-14-4/h1-3,6,13H,(H,11,12).